The molecule has 0 unspecified atom stereocenters. The number of aryl methyl sites for hydroxylation is 1. The Morgan fingerprint density at radius 3 is 2.26 bits per heavy atom. The van der Waals surface area contributed by atoms with Gasteiger partial charge in [0, 0.05) is 5.92 Å². The van der Waals surface area contributed by atoms with E-state index in [-0.39, 0.29) is 4.90 Å². The van der Waals surface area contributed by atoms with E-state index in [4.69, 9.17) is 0 Å². The normalized spacial score (nSPS) is 26.5. The molecule has 0 aromatic heterocycles. The Hall–Kier alpha value is -2.16. The van der Waals surface area contributed by atoms with E-state index in [1.165, 1.54) is 0 Å². The van der Waals surface area contributed by atoms with Gasteiger partial charge in [-0.1, -0.05) is 48.0 Å². The standard InChI is InChI=1S/C18H17NO3S/c1-13-7-9-15(10-8-13)23(21,22)17-16(18(17,11-19)12-20)14-5-3-2-4-6-14/h2-10,16-17,20H,12H2,1H3/t16-,17+,18-/m0/s1. The Bertz CT molecular complexity index is 853. The van der Waals surface area contributed by atoms with Crippen LogP contribution in [0.5, 0.6) is 0 Å². The van der Waals surface area contributed by atoms with E-state index in [1.807, 2.05) is 25.1 Å². The molecule has 2 aromatic rings. The maximum atomic E-state index is 13.0. The highest BCUT2D eigenvalue weighted by atomic mass is 32.2. The van der Waals surface area contributed by atoms with Crippen LogP contribution in [-0.2, 0) is 9.84 Å². The van der Waals surface area contributed by atoms with Crippen LogP contribution in [0.25, 0.3) is 0 Å². The van der Waals surface area contributed by atoms with Crippen molar-refractivity contribution in [3.05, 3.63) is 65.7 Å². The van der Waals surface area contributed by atoms with Crippen LogP contribution >= 0.6 is 0 Å². The van der Waals surface area contributed by atoms with Crippen molar-refractivity contribution in [3.8, 4) is 6.07 Å². The van der Waals surface area contributed by atoms with Crippen molar-refractivity contribution in [1.29, 1.82) is 5.26 Å². The zero-order chi connectivity index (χ0) is 16.7. The Labute approximate surface area is 135 Å². The first kappa shape index (κ1) is 15.7. The molecule has 1 aliphatic carbocycles. The molecular formula is C18H17NO3S. The average Bonchev–Trinajstić information content (AvgIpc) is 3.27. The third kappa shape index (κ3) is 2.35. The summed E-state index contributed by atoms with van der Waals surface area (Å²) in [5.41, 5.74) is 0.460. The summed E-state index contributed by atoms with van der Waals surface area (Å²) in [7, 11) is -3.69. The van der Waals surface area contributed by atoms with Gasteiger partial charge in [0.2, 0.25) is 0 Å². The topological polar surface area (TPSA) is 78.2 Å². The molecule has 0 saturated heterocycles. The summed E-state index contributed by atoms with van der Waals surface area (Å²) in [6, 6.07) is 17.7. The summed E-state index contributed by atoms with van der Waals surface area (Å²) in [5, 5.41) is 18.3. The number of benzene rings is 2. The van der Waals surface area contributed by atoms with Gasteiger partial charge in [-0.15, -0.1) is 0 Å². The van der Waals surface area contributed by atoms with E-state index >= 15 is 0 Å². The Kier molecular flexibility index (Phi) is 3.75. The van der Waals surface area contributed by atoms with Crippen molar-refractivity contribution in [2.24, 2.45) is 5.41 Å². The summed E-state index contributed by atoms with van der Waals surface area (Å²) in [6.45, 7) is 1.41. The Morgan fingerprint density at radius 1 is 1.13 bits per heavy atom. The second kappa shape index (κ2) is 5.48. The number of aliphatic hydroxyl groups is 1. The quantitative estimate of drug-likeness (QED) is 0.935. The van der Waals surface area contributed by atoms with Gasteiger partial charge < -0.3 is 5.11 Å². The van der Waals surface area contributed by atoms with Crippen LogP contribution < -0.4 is 0 Å². The molecule has 5 heteroatoms. The molecule has 0 heterocycles. The van der Waals surface area contributed by atoms with Crippen molar-refractivity contribution in [1.82, 2.24) is 0 Å². The van der Waals surface area contributed by atoms with Gasteiger partial charge in [-0.05, 0) is 24.6 Å². The van der Waals surface area contributed by atoms with E-state index in [0.29, 0.717) is 0 Å². The van der Waals surface area contributed by atoms with Gasteiger partial charge in [-0.2, -0.15) is 5.26 Å². The first-order valence-electron chi connectivity index (χ1n) is 7.35. The molecular weight excluding hydrogens is 310 g/mol. The fraction of sp³-hybridized carbons (Fsp3) is 0.278. The molecule has 1 saturated carbocycles. The molecule has 0 bridgehead atoms. The van der Waals surface area contributed by atoms with Crippen molar-refractivity contribution in [3.63, 3.8) is 0 Å². The maximum absolute atomic E-state index is 13.0. The molecule has 3 rings (SSSR count). The van der Waals surface area contributed by atoms with Gasteiger partial charge in [0.05, 0.1) is 22.8 Å². The minimum absolute atomic E-state index is 0.194. The summed E-state index contributed by atoms with van der Waals surface area (Å²) >= 11 is 0. The minimum Gasteiger partial charge on any atom is -0.395 e. The predicted molar refractivity (Wildman–Crippen MR) is 86.5 cm³/mol. The van der Waals surface area contributed by atoms with Gasteiger partial charge in [0.15, 0.2) is 9.84 Å². The van der Waals surface area contributed by atoms with Crippen molar-refractivity contribution in [2.45, 2.75) is 23.0 Å². The molecule has 1 aliphatic rings. The molecule has 23 heavy (non-hydrogen) atoms. The van der Waals surface area contributed by atoms with Crippen molar-refractivity contribution < 1.29 is 13.5 Å². The molecule has 0 spiro atoms. The Morgan fingerprint density at radius 2 is 1.74 bits per heavy atom. The molecule has 2 aromatic carbocycles. The first-order valence-corrected chi connectivity index (χ1v) is 8.89. The van der Waals surface area contributed by atoms with Crippen LogP contribution in [0.1, 0.15) is 17.0 Å². The Balaban J connectivity index is 2.07. The number of nitrogens with zero attached hydrogens (tertiary/aromatic N) is 1. The summed E-state index contributed by atoms with van der Waals surface area (Å²) in [6.07, 6.45) is 0. The van der Waals surface area contributed by atoms with Crippen LogP contribution in [0.4, 0.5) is 0 Å². The number of hydrogen-bond donors (Lipinski definition) is 1. The number of sulfone groups is 1. The number of hydrogen-bond acceptors (Lipinski definition) is 4. The van der Waals surface area contributed by atoms with Gasteiger partial charge in [-0.25, -0.2) is 8.42 Å². The van der Waals surface area contributed by atoms with Crippen molar-refractivity contribution in [2.75, 3.05) is 6.61 Å². The van der Waals surface area contributed by atoms with Gasteiger partial charge >= 0.3 is 0 Å². The fourth-order valence-electron chi connectivity index (χ4n) is 3.22. The first-order chi connectivity index (χ1) is 11.0. The third-order valence-corrected chi connectivity index (χ3v) is 6.86. The third-order valence-electron chi connectivity index (χ3n) is 4.57. The molecule has 3 atom stereocenters. The lowest BCUT2D eigenvalue weighted by Crippen LogP contribution is -2.18. The molecule has 1 fully saturated rings. The monoisotopic (exact) mass is 327 g/mol. The molecule has 0 amide bonds. The summed E-state index contributed by atoms with van der Waals surface area (Å²) in [4.78, 5) is 0.194. The van der Waals surface area contributed by atoms with E-state index < -0.39 is 33.0 Å². The lowest BCUT2D eigenvalue weighted by atomic mass is 10.0. The molecule has 118 valence electrons. The van der Waals surface area contributed by atoms with E-state index in [9.17, 15) is 18.8 Å². The largest absolute Gasteiger partial charge is 0.395 e. The van der Waals surface area contributed by atoms with Gasteiger partial charge in [-0.3, -0.25) is 0 Å². The van der Waals surface area contributed by atoms with Crippen LogP contribution in [0.15, 0.2) is 59.5 Å². The predicted octanol–water partition coefficient (Wildman–Crippen LogP) is 2.44. The van der Waals surface area contributed by atoms with E-state index in [2.05, 4.69) is 6.07 Å². The van der Waals surface area contributed by atoms with Crippen LogP contribution in [0.3, 0.4) is 0 Å². The fourth-order valence-corrected chi connectivity index (χ4v) is 5.54. The van der Waals surface area contributed by atoms with E-state index in [0.717, 1.165) is 11.1 Å². The maximum Gasteiger partial charge on any atom is 0.183 e. The van der Waals surface area contributed by atoms with Crippen LogP contribution in [0.2, 0.25) is 0 Å². The summed E-state index contributed by atoms with van der Waals surface area (Å²) in [5.74, 6) is -0.509. The number of nitriles is 1. The highest BCUT2D eigenvalue weighted by molar-refractivity contribution is 7.92. The number of aliphatic hydroxyl groups excluding tert-OH is 1. The lowest BCUT2D eigenvalue weighted by Gasteiger charge is -2.06. The molecule has 0 aliphatic heterocycles. The van der Waals surface area contributed by atoms with Crippen LogP contribution in [-0.4, -0.2) is 25.4 Å². The van der Waals surface area contributed by atoms with Crippen molar-refractivity contribution >= 4 is 9.84 Å². The van der Waals surface area contributed by atoms with E-state index in [1.54, 1.807) is 36.4 Å². The lowest BCUT2D eigenvalue weighted by molar-refractivity contribution is 0.242. The smallest absolute Gasteiger partial charge is 0.183 e. The second-order valence-corrected chi connectivity index (χ2v) is 8.05. The molecule has 4 nitrogen and oxygen atoms in total. The van der Waals surface area contributed by atoms with Gasteiger partial charge in [0.1, 0.15) is 5.41 Å². The van der Waals surface area contributed by atoms with Gasteiger partial charge in [0.25, 0.3) is 0 Å². The SMILES string of the molecule is Cc1ccc(S(=O)(=O)[C@@H]2[C@H](c3ccccc3)[C@]2(C#N)CO)cc1. The van der Waals surface area contributed by atoms with Crippen LogP contribution in [0, 0.1) is 23.7 Å². The molecule has 1 N–H and O–H groups in total. The number of rotatable bonds is 4. The molecule has 0 radical (unpaired) electrons. The highest BCUT2D eigenvalue weighted by Crippen LogP contribution is 2.63. The second-order valence-electron chi connectivity index (χ2n) is 5.98. The zero-order valence-corrected chi connectivity index (χ0v) is 13.5. The average molecular weight is 327 g/mol. The minimum atomic E-state index is -3.69. The zero-order valence-electron chi connectivity index (χ0n) is 12.7. The highest BCUT2D eigenvalue weighted by Gasteiger charge is 2.72. The summed E-state index contributed by atoms with van der Waals surface area (Å²) < 4.78 is 25.9.